The van der Waals surface area contributed by atoms with Crippen molar-refractivity contribution < 1.29 is 65.9 Å². The van der Waals surface area contributed by atoms with Crippen molar-refractivity contribution >= 4 is 76.6 Å². The van der Waals surface area contributed by atoms with Crippen molar-refractivity contribution in [3.05, 3.63) is 70.2 Å². The van der Waals surface area contributed by atoms with Crippen LogP contribution in [0.5, 0.6) is 0 Å². The van der Waals surface area contributed by atoms with Gasteiger partial charge in [-0.3, -0.25) is 52.7 Å². The molecule has 4 N–H and O–H groups in total. The average molecular weight is 1260 g/mol. The fourth-order valence-electron chi connectivity index (χ4n) is 9.68. The molecule has 1 heterocycles. The van der Waals surface area contributed by atoms with Crippen molar-refractivity contribution in [3.8, 4) is 0 Å². The number of hydrogen-bond donors (Lipinski definition) is 4. The largest absolute Gasteiger partial charge is 0.416 e. The molecule has 1 saturated heterocycles. The average Bonchev–Trinajstić information content (AvgIpc) is 2.99. The Morgan fingerprint density at radius 1 is 0.580 bits per heavy atom. The van der Waals surface area contributed by atoms with Crippen LogP contribution in [0.2, 0.25) is 5.02 Å². The SMILES string of the molecule is CC[C@H](C)[C@@H]1NC(=O)[C@H](C)N(C)C(=O)C[C@@H](C)N(C)C(=O)[C@H](CC(C)C)NC(=O)C(C)(C)N(C)C(=O)[C@@H](CC(C)C)NC(=O)[C@H](CCc2ccc(C(F)(F)F)cc2)NC(=O)CN(C)C(=O)[C@H](Cc2ccc(Cl)cc2)N(C)C(=O)CN(C)C(=O)CN(C)C1=O. The third-order valence-electron chi connectivity index (χ3n) is 16.4. The number of carbonyl (C=O) groups is 11. The number of benzene rings is 2. The summed E-state index contributed by atoms with van der Waals surface area (Å²) in [5.41, 5.74) is -1.67. The first-order chi connectivity index (χ1) is 40.7. The van der Waals surface area contributed by atoms with Crippen LogP contribution in [0.1, 0.15) is 118 Å². The maximum Gasteiger partial charge on any atom is 0.416 e. The number of amides is 11. The van der Waals surface area contributed by atoms with Crippen LogP contribution in [0.4, 0.5) is 13.2 Å². The van der Waals surface area contributed by atoms with E-state index in [9.17, 15) is 65.9 Å². The Hall–Kier alpha value is -7.31. The molecule has 22 nitrogen and oxygen atoms in total. The molecular formula is C62H93ClF3N11O11. The summed E-state index contributed by atoms with van der Waals surface area (Å²) in [5, 5.41) is 11.4. The molecule has 1 fully saturated rings. The molecule has 2 aromatic carbocycles. The number of alkyl halides is 3. The zero-order valence-corrected chi connectivity index (χ0v) is 54.9. The molecule has 3 rings (SSSR count). The molecule has 2 aromatic rings. The molecule has 88 heavy (non-hydrogen) atoms. The summed E-state index contributed by atoms with van der Waals surface area (Å²) in [6, 6.07) is 2.35. The van der Waals surface area contributed by atoms with Gasteiger partial charge in [0.2, 0.25) is 65.0 Å². The summed E-state index contributed by atoms with van der Waals surface area (Å²) >= 11 is 6.18. The smallest absolute Gasteiger partial charge is 0.343 e. The number of hydrogen-bond acceptors (Lipinski definition) is 11. The Morgan fingerprint density at radius 2 is 1.10 bits per heavy atom. The predicted octanol–water partition coefficient (Wildman–Crippen LogP) is 4.15. The van der Waals surface area contributed by atoms with Gasteiger partial charge in [-0.2, -0.15) is 13.2 Å². The van der Waals surface area contributed by atoms with Gasteiger partial charge in [0.05, 0.1) is 25.2 Å². The highest BCUT2D eigenvalue weighted by atomic mass is 35.5. The Kier molecular flexibility index (Phi) is 27.9. The summed E-state index contributed by atoms with van der Waals surface area (Å²) in [7, 11) is 9.56. The lowest BCUT2D eigenvalue weighted by Gasteiger charge is -2.39. The first-order valence-electron chi connectivity index (χ1n) is 29.6. The molecule has 0 saturated carbocycles. The lowest BCUT2D eigenvalue weighted by Crippen LogP contribution is -2.63. The van der Waals surface area contributed by atoms with Gasteiger partial charge in [0.25, 0.3) is 0 Å². The van der Waals surface area contributed by atoms with Crippen LogP contribution in [0, 0.1) is 17.8 Å². The van der Waals surface area contributed by atoms with Gasteiger partial charge in [-0.1, -0.05) is 83.8 Å². The number of nitrogens with zero attached hydrogens (tertiary/aromatic N) is 7. The second-order valence-electron chi connectivity index (χ2n) is 24.7. The third kappa shape index (κ3) is 21.2. The molecule has 8 atom stereocenters. The second-order valence-corrected chi connectivity index (χ2v) is 25.1. The minimum Gasteiger partial charge on any atom is -0.343 e. The van der Waals surface area contributed by atoms with Gasteiger partial charge in [0, 0.05) is 73.2 Å². The van der Waals surface area contributed by atoms with E-state index in [4.69, 9.17) is 11.6 Å². The van der Waals surface area contributed by atoms with Crippen LogP contribution >= 0.6 is 11.6 Å². The molecule has 0 aliphatic carbocycles. The summed E-state index contributed by atoms with van der Waals surface area (Å²) in [5.74, 6) is -8.60. The van der Waals surface area contributed by atoms with Gasteiger partial charge < -0.3 is 55.6 Å². The maximum atomic E-state index is 14.7. The summed E-state index contributed by atoms with van der Waals surface area (Å²) in [6.45, 7) is 15.0. The summed E-state index contributed by atoms with van der Waals surface area (Å²) < 4.78 is 40.6. The van der Waals surface area contributed by atoms with Crippen molar-refractivity contribution in [1.29, 1.82) is 0 Å². The summed E-state index contributed by atoms with van der Waals surface area (Å²) in [4.78, 5) is 165. The molecule has 0 radical (unpaired) electrons. The predicted molar refractivity (Wildman–Crippen MR) is 326 cm³/mol. The Balaban J connectivity index is 2.19. The maximum absolute atomic E-state index is 14.7. The zero-order valence-electron chi connectivity index (χ0n) is 54.1. The molecule has 0 unspecified atom stereocenters. The highest BCUT2D eigenvalue weighted by Gasteiger charge is 2.42. The Bertz CT molecular complexity index is 2800. The van der Waals surface area contributed by atoms with Gasteiger partial charge in [-0.25, -0.2) is 0 Å². The molecule has 490 valence electrons. The van der Waals surface area contributed by atoms with E-state index in [1.165, 1.54) is 92.0 Å². The molecule has 0 aromatic heterocycles. The highest BCUT2D eigenvalue weighted by Crippen LogP contribution is 2.30. The highest BCUT2D eigenvalue weighted by molar-refractivity contribution is 6.30. The molecule has 1 aliphatic rings. The van der Waals surface area contributed by atoms with Gasteiger partial charge in [-0.15, -0.1) is 0 Å². The molecule has 0 spiro atoms. The van der Waals surface area contributed by atoms with Crippen molar-refractivity contribution in [2.24, 2.45) is 17.8 Å². The minimum absolute atomic E-state index is 0.0262. The van der Waals surface area contributed by atoms with E-state index < -0.39 is 150 Å². The number of likely N-dealkylation sites (N-methyl/N-ethyl adjacent to an activating group) is 7. The van der Waals surface area contributed by atoms with E-state index in [2.05, 4.69) is 21.3 Å². The van der Waals surface area contributed by atoms with Crippen molar-refractivity contribution in [3.63, 3.8) is 0 Å². The zero-order chi connectivity index (χ0) is 67.0. The normalized spacial score (nSPS) is 24.0. The lowest BCUT2D eigenvalue weighted by molar-refractivity contribution is -0.149. The minimum atomic E-state index is -4.63. The standard InChI is InChI=1S/C62H93ClF3N11O11/c1-18-38(6)53-59(87)73(13)34-51(80)71(11)35-52(81)76(16)48(32-42-21-26-44(63)27-22-42)58(86)72(12)33-49(78)67-45(28-23-41-19-24-43(25-20-41)62(64,65)66)55(83)68-47(30-37(4)5)57(85)77(17)61(9,10)60(88)69-46(29-36(2)3)56(84)74(14)39(7)31-50(79)75(15)40(8)54(82)70-53/h19-22,24-27,36-40,45-48,53H,18,23,28-35H2,1-17H3,(H,67,78)(H,68,83)(H,69,88)(H,70,82)/t38-,39+,40-,45-,46-,47+,48-,53-/m0/s1. The van der Waals surface area contributed by atoms with Crippen molar-refractivity contribution in [1.82, 2.24) is 55.6 Å². The van der Waals surface area contributed by atoms with E-state index in [1.807, 2.05) is 20.8 Å². The number of aryl methyl sites for hydroxylation is 1. The van der Waals surface area contributed by atoms with Gasteiger partial charge in [0.1, 0.15) is 41.8 Å². The van der Waals surface area contributed by atoms with Crippen LogP contribution in [-0.2, 0) is 71.8 Å². The number of nitrogens with one attached hydrogen (secondary N) is 4. The second kappa shape index (κ2) is 32.8. The topological polar surface area (TPSA) is 259 Å². The fraction of sp³-hybridized carbons (Fsp3) is 0.629. The van der Waals surface area contributed by atoms with E-state index >= 15 is 0 Å². The number of rotatable bonds is 11. The monoisotopic (exact) mass is 1260 g/mol. The first-order valence-corrected chi connectivity index (χ1v) is 30.0. The van der Waals surface area contributed by atoms with Gasteiger partial charge >= 0.3 is 6.18 Å². The van der Waals surface area contributed by atoms with Crippen LogP contribution in [0.15, 0.2) is 48.5 Å². The van der Waals surface area contributed by atoms with Crippen LogP contribution in [0.25, 0.3) is 0 Å². The van der Waals surface area contributed by atoms with E-state index in [0.29, 0.717) is 22.6 Å². The molecule has 11 amide bonds. The van der Waals surface area contributed by atoms with Crippen molar-refractivity contribution in [2.45, 2.75) is 168 Å². The van der Waals surface area contributed by atoms with Gasteiger partial charge in [-0.05, 0) is 107 Å². The number of halogens is 4. The fourth-order valence-corrected chi connectivity index (χ4v) is 9.80. The lowest BCUT2D eigenvalue weighted by atomic mass is 9.95. The molecular weight excluding hydrogens is 1170 g/mol. The number of carbonyl (C=O) groups excluding carboxylic acids is 11. The quantitative estimate of drug-likeness (QED) is 0.249. The molecule has 1 aliphatic heterocycles. The van der Waals surface area contributed by atoms with E-state index in [1.54, 1.807) is 52.0 Å². The van der Waals surface area contributed by atoms with E-state index in [-0.39, 0.29) is 50.4 Å². The Morgan fingerprint density at radius 3 is 1.64 bits per heavy atom. The molecule has 26 heteroatoms. The Labute approximate surface area is 521 Å². The van der Waals surface area contributed by atoms with E-state index in [0.717, 1.165) is 36.6 Å². The first kappa shape index (κ1) is 74.9. The van der Waals surface area contributed by atoms with Crippen molar-refractivity contribution in [2.75, 3.05) is 69.0 Å². The van der Waals surface area contributed by atoms with Crippen LogP contribution in [0.3, 0.4) is 0 Å². The van der Waals surface area contributed by atoms with Crippen LogP contribution < -0.4 is 21.3 Å². The third-order valence-corrected chi connectivity index (χ3v) is 16.7. The van der Waals surface area contributed by atoms with Gasteiger partial charge in [0.15, 0.2) is 0 Å². The van der Waals surface area contributed by atoms with Crippen LogP contribution in [-0.4, -0.2) is 216 Å². The molecule has 0 bridgehead atoms. The summed E-state index contributed by atoms with van der Waals surface area (Å²) in [6.07, 6.45) is -4.66.